The first-order valence-electron chi connectivity index (χ1n) is 7.98. The van der Waals surface area contributed by atoms with E-state index >= 15 is 0 Å². The summed E-state index contributed by atoms with van der Waals surface area (Å²) in [6, 6.07) is 11.3. The molecule has 0 aliphatic rings. The van der Waals surface area contributed by atoms with Crippen LogP contribution in [0.2, 0.25) is 10.0 Å². The minimum atomic E-state index is -3.94. The van der Waals surface area contributed by atoms with E-state index in [1.807, 2.05) is 0 Å². The van der Waals surface area contributed by atoms with E-state index in [2.05, 4.69) is 14.6 Å². The van der Waals surface area contributed by atoms with Crippen LogP contribution in [0.5, 0.6) is 0 Å². The van der Waals surface area contributed by atoms with Crippen LogP contribution in [0.15, 0.2) is 64.4 Å². The molecule has 0 radical (unpaired) electrons. The molecule has 0 spiro atoms. The standard InChI is InChI=1S/C18H13Cl2N3O5S/c1-28-18(25)11-3-2-4-12(9-11)22-29(26,27)14-7-5-13(6-8-14)23-17(24)16(20)15(19)10-21-23/h2-10,22H,1H3. The highest BCUT2D eigenvalue weighted by Gasteiger charge is 2.16. The molecule has 0 saturated carbocycles. The monoisotopic (exact) mass is 453 g/mol. The minimum Gasteiger partial charge on any atom is -0.465 e. The van der Waals surface area contributed by atoms with E-state index in [1.165, 1.54) is 61.8 Å². The van der Waals surface area contributed by atoms with Crippen LogP contribution in [0.4, 0.5) is 5.69 Å². The van der Waals surface area contributed by atoms with Crippen molar-refractivity contribution in [3.05, 3.63) is 80.7 Å². The third kappa shape index (κ3) is 4.42. The lowest BCUT2D eigenvalue weighted by Crippen LogP contribution is -2.21. The van der Waals surface area contributed by atoms with E-state index in [0.29, 0.717) is 5.69 Å². The van der Waals surface area contributed by atoms with Crippen molar-refractivity contribution in [2.75, 3.05) is 11.8 Å². The van der Waals surface area contributed by atoms with E-state index in [9.17, 15) is 18.0 Å². The number of ether oxygens (including phenoxy) is 1. The molecule has 0 aliphatic heterocycles. The number of halogens is 2. The van der Waals surface area contributed by atoms with Crippen LogP contribution in [0.25, 0.3) is 5.69 Å². The lowest BCUT2D eigenvalue weighted by atomic mass is 10.2. The number of benzene rings is 2. The molecule has 1 heterocycles. The fourth-order valence-corrected chi connectivity index (χ4v) is 3.71. The molecule has 2 aromatic carbocycles. The van der Waals surface area contributed by atoms with Gasteiger partial charge in [-0.2, -0.15) is 9.78 Å². The zero-order valence-corrected chi connectivity index (χ0v) is 17.1. The lowest BCUT2D eigenvalue weighted by Gasteiger charge is -2.10. The molecule has 8 nitrogen and oxygen atoms in total. The molecule has 11 heteroatoms. The first-order valence-corrected chi connectivity index (χ1v) is 10.2. The van der Waals surface area contributed by atoms with Gasteiger partial charge in [0.05, 0.1) is 34.5 Å². The van der Waals surface area contributed by atoms with Crippen molar-refractivity contribution < 1.29 is 17.9 Å². The Labute approximate surface area is 175 Å². The first-order chi connectivity index (χ1) is 13.7. The Morgan fingerprint density at radius 1 is 1.14 bits per heavy atom. The van der Waals surface area contributed by atoms with Crippen LogP contribution < -0.4 is 10.3 Å². The van der Waals surface area contributed by atoms with E-state index in [1.54, 1.807) is 0 Å². The molecule has 29 heavy (non-hydrogen) atoms. The van der Waals surface area contributed by atoms with Gasteiger partial charge in [0.2, 0.25) is 0 Å². The number of anilines is 1. The van der Waals surface area contributed by atoms with Gasteiger partial charge in [0, 0.05) is 5.69 Å². The molecule has 0 atom stereocenters. The number of methoxy groups -OCH3 is 1. The maximum atomic E-state index is 12.6. The van der Waals surface area contributed by atoms with Gasteiger partial charge in [-0.15, -0.1) is 0 Å². The van der Waals surface area contributed by atoms with Gasteiger partial charge in [-0.05, 0) is 42.5 Å². The van der Waals surface area contributed by atoms with E-state index in [0.717, 1.165) is 4.68 Å². The summed E-state index contributed by atoms with van der Waals surface area (Å²) in [7, 11) is -2.71. The topological polar surface area (TPSA) is 107 Å². The largest absolute Gasteiger partial charge is 0.465 e. The molecule has 0 amide bonds. The van der Waals surface area contributed by atoms with Crippen molar-refractivity contribution >= 4 is 44.9 Å². The summed E-state index contributed by atoms with van der Waals surface area (Å²) in [6.07, 6.45) is 1.21. The predicted molar refractivity (Wildman–Crippen MR) is 108 cm³/mol. The summed E-state index contributed by atoms with van der Waals surface area (Å²) in [5, 5.41) is 3.71. The van der Waals surface area contributed by atoms with Crippen molar-refractivity contribution in [3.63, 3.8) is 0 Å². The van der Waals surface area contributed by atoms with Crippen molar-refractivity contribution in [1.29, 1.82) is 0 Å². The molecule has 0 fully saturated rings. The van der Waals surface area contributed by atoms with E-state index < -0.39 is 21.6 Å². The van der Waals surface area contributed by atoms with Gasteiger partial charge in [-0.3, -0.25) is 9.52 Å². The first kappa shape index (κ1) is 20.8. The molecule has 0 unspecified atom stereocenters. The quantitative estimate of drug-likeness (QED) is 0.594. The second-order valence-electron chi connectivity index (χ2n) is 5.70. The van der Waals surface area contributed by atoms with E-state index in [4.69, 9.17) is 23.2 Å². The zero-order valence-electron chi connectivity index (χ0n) is 14.8. The van der Waals surface area contributed by atoms with Crippen LogP contribution in [0, 0.1) is 0 Å². The fraction of sp³-hybridized carbons (Fsp3) is 0.0556. The molecular weight excluding hydrogens is 441 g/mol. The summed E-state index contributed by atoms with van der Waals surface area (Å²) in [6.45, 7) is 0. The second kappa shape index (κ2) is 8.24. The molecule has 0 saturated heterocycles. The van der Waals surface area contributed by atoms with Gasteiger partial charge in [-0.25, -0.2) is 13.2 Å². The highest BCUT2D eigenvalue weighted by atomic mass is 35.5. The Morgan fingerprint density at radius 2 is 1.83 bits per heavy atom. The van der Waals surface area contributed by atoms with Crippen molar-refractivity contribution in [2.24, 2.45) is 0 Å². The maximum Gasteiger partial charge on any atom is 0.337 e. The summed E-state index contributed by atoms with van der Waals surface area (Å²) in [5.74, 6) is -0.588. The van der Waals surface area contributed by atoms with Gasteiger partial charge >= 0.3 is 5.97 Å². The lowest BCUT2D eigenvalue weighted by molar-refractivity contribution is 0.0601. The highest BCUT2D eigenvalue weighted by Crippen LogP contribution is 2.20. The third-order valence-corrected chi connectivity index (χ3v) is 5.95. The Kier molecular flexibility index (Phi) is 5.92. The average Bonchev–Trinajstić information content (AvgIpc) is 2.71. The van der Waals surface area contributed by atoms with Crippen LogP contribution in [0.3, 0.4) is 0 Å². The van der Waals surface area contributed by atoms with Gasteiger partial charge < -0.3 is 4.74 Å². The van der Waals surface area contributed by atoms with Gasteiger partial charge in [0.15, 0.2) is 0 Å². The SMILES string of the molecule is COC(=O)c1cccc(NS(=O)(=O)c2ccc(-n3ncc(Cl)c(Cl)c3=O)cc2)c1. The van der Waals surface area contributed by atoms with E-state index in [-0.39, 0.29) is 26.2 Å². The number of hydrogen-bond donors (Lipinski definition) is 1. The average molecular weight is 454 g/mol. The van der Waals surface area contributed by atoms with Crippen LogP contribution in [-0.2, 0) is 14.8 Å². The Hall–Kier alpha value is -2.88. The smallest absolute Gasteiger partial charge is 0.337 e. The highest BCUT2D eigenvalue weighted by molar-refractivity contribution is 7.92. The zero-order chi connectivity index (χ0) is 21.2. The van der Waals surface area contributed by atoms with Gasteiger partial charge in [-0.1, -0.05) is 29.3 Å². The number of carbonyl (C=O) groups excluding carboxylic acids is 1. The number of carbonyl (C=O) groups is 1. The summed E-state index contributed by atoms with van der Waals surface area (Å²) < 4.78 is 33.2. The third-order valence-electron chi connectivity index (χ3n) is 3.80. The molecule has 3 aromatic rings. The Balaban J connectivity index is 1.89. The summed E-state index contributed by atoms with van der Waals surface area (Å²) in [5.41, 5.74) is 0.0696. The summed E-state index contributed by atoms with van der Waals surface area (Å²) >= 11 is 11.6. The number of nitrogens with zero attached hydrogens (tertiary/aromatic N) is 2. The summed E-state index contributed by atoms with van der Waals surface area (Å²) in [4.78, 5) is 23.7. The molecule has 0 bridgehead atoms. The number of rotatable bonds is 5. The molecular formula is C18H13Cl2N3O5S. The van der Waals surface area contributed by atoms with Crippen LogP contribution >= 0.6 is 23.2 Å². The number of aromatic nitrogens is 2. The Bertz CT molecular complexity index is 1240. The molecule has 3 rings (SSSR count). The number of esters is 1. The molecule has 0 aliphatic carbocycles. The van der Waals surface area contributed by atoms with Crippen molar-refractivity contribution in [2.45, 2.75) is 4.90 Å². The molecule has 150 valence electrons. The second-order valence-corrected chi connectivity index (χ2v) is 8.16. The minimum absolute atomic E-state index is 0.0190. The van der Waals surface area contributed by atoms with Gasteiger partial charge in [0.1, 0.15) is 5.02 Å². The normalized spacial score (nSPS) is 11.1. The number of sulfonamides is 1. The van der Waals surface area contributed by atoms with Crippen molar-refractivity contribution in [3.8, 4) is 5.69 Å². The Morgan fingerprint density at radius 3 is 2.48 bits per heavy atom. The predicted octanol–water partition coefficient (Wildman–Crippen LogP) is 3.13. The van der Waals surface area contributed by atoms with Crippen LogP contribution in [0.1, 0.15) is 10.4 Å². The number of nitrogens with one attached hydrogen (secondary N) is 1. The number of hydrogen-bond acceptors (Lipinski definition) is 6. The molecule has 1 N–H and O–H groups in total. The maximum absolute atomic E-state index is 12.6. The fourth-order valence-electron chi connectivity index (χ4n) is 2.40. The van der Waals surface area contributed by atoms with Gasteiger partial charge in [0.25, 0.3) is 15.6 Å². The molecule has 1 aromatic heterocycles. The van der Waals surface area contributed by atoms with Crippen molar-refractivity contribution in [1.82, 2.24) is 9.78 Å². The van der Waals surface area contributed by atoms with Crippen LogP contribution in [-0.4, -0.2) is 31.3 Å².